The van der Waals surface area contributed by atoms with Crippen LogP contribution in [0.5, 0.6) is 5.75 Å². The number of nitrogens with one attached hydrogen (secondary N) is 1. The van der Waals surface area contributed by atoms with Gasteiger partial charge in [0.05, 0.1) is 5.02 Å². The highest BCUT2D eigenvalue weighted by atomic mass is 35.5. The highest BCUT2D eigenvalue weighted by Crippen LogP contribution is 2.24. The van der Waals surface area contributed by atoms with Crippen molar-refractivity contribution in [2.75, 3.05) is 41.3 Å². The number of amides is 3. The van der Waals surface area contributed by atoms with Gasteiger partial charge >= 0.3 is 11.8 Å². The second kappa shape index (κ2) is 10.4. The first-order valence-corrected chi connectivity index (χ1v) is 11.0. The molecule has 2 N–H and O–H groups in total. The number of hydrogen-bond acceptors (Lipinski definition) is 7. The first-order chi connectivity index (χ1) is 16.4. The van der Waals surface area contributed by atoms with E-state index >= 15 is 0 Å². The number of aromatic hydroxyl groups is 1. The zero-order valence-corrected chi connectivity index (χ0v) is 20.5. The van der Waals surface area contributed by atoms with Crippen LogP contribution in [0.1, 0.15) is 27.9 Å². The molecule has 1 unspecified atom stereocenters. The molecule has 1 aliphatic heterocycles. The van der Waals surface area contributed by atoms with Crippen molar-refractivity contribution >= 4 is 29.3 Å². The number of halogens is 2. The molecule has 0 saturated carbocycles. The van der Waals surface area contributed by atoms with Crippen molar-refractivity contribution in [1.29, 1.82) is 0 Å². The maximum atomic E-state index is 13.4. The van der Waals surface area contributed by atoms with Crippen LogP contribution in [0.4, 0.5) is 4.39 Å². The molecule has 1 atom stereocenters. The molecule has 3 rings (SSSR count). The lowest BCUT2D eigenvalue weighted by Gasteiger charge is -2.30. The minimum Gasteiger partial charge on any atom is -0.501 e. The standard InChI is InChI=1S/C22H26ClFN6O5/c1-27(2)21(34)22(35)29(4)15-11-28(3)7-8-30-18(15)26-16(17(31)20(30)33)19(32)25-10-12-5-6-14(24)13(23)9-12/h5-6,9,15,31H,7-8,10-11H2,1-4H3,(H,25,32). The molecular weight excluding hydrogens is 483 g/mol. The van der Waals surface area contributed by atoms with Crippen molar-refractivity contribution < 1.29 is 23.9 Å². The predicted octanol–water partition coefficient (Wildman–Crippen LogP) is 0.205. The first kappa shape index (κ1) is 26.1. The summed E-state index contributed by atoms with van der Waals surface area (Å²) >= 11 is 5.76. The number of carbonyl (C=O) groups excluding carboxylic acids is 3. The third-order valence-electron chi connectivity index (χ3n) is 5.69. The fourth-order valence-electron chi connectivity index (χ4n) is 3.62. The molecule has 0 aliphatic carbocycles. The molecule has 2 aromatic rings. The summed E-state index contributed by atoms with van der Waals surface area (Å²) < 4.78 is 14.6. The number of aromatic nitrogens is 2. The van der Waals surface area contributed by atoms with Gasteiger partial charge in [-0.2, -0.15) is 0 Å². The fraction of sp³-hybridized carbons (Fsp3) is 0.409. The number of hydrogen-bond donors (Lipinski definition) is 2. The molecule has 0 fully saturated rings. The summed E-state index contributed by atoms with van der Waals surface area (Å²) in [6.07, 6.45) is 0. The summed E-state index contributed by atoms with van der Waals surface area (Å²) in [5.74, 6) is -3.81. The van der Waals surface area contributed by atoms with Crippen LogP contribution in [-0.2, 0) is 22.7 Å². The Morgan fingerprint density at radius 3 is 2.54 bits per heavy atom. The molecule has 1 aromatic carbocycles. The maximum absolute atomic E-state index is 13.4. The van der Waals surface area contributed by atoms with Gasteiger partial charge < -0.3 is 25.1 Å². The number of rotatable bonds is 4. The molecule has 2 heterocycles. The van der Waals surface area contributed by atoms with Crippen molar-refractivity contribution in [3.05, 3.63) is 56.5 Å². The Balaban J connectivity index is 1.98. The van der Waals surface area contributed by atoms with Gasteiger partial charge in [-0.25, -0.2) is 9.37 Å². The van der Waals surface area contributed by atoms with Crippen LogP contribution in [-0.4, -0.2) is 88.4 Å². The Labute approximate surface area is 205 Å². The van der Waals surface area contributed by atoms with Crippen molar-refractivity contribution in [2.24, 2.45) is 0 Å². The lowest BCUT2D eigenvalue weighted by Crippen LogP contribution is -2.45. The number of likely N-dealkylation sites (N-methyl/N-ethyl adjacent to an activating group) is 3. The largest absolute Gasteiger partial charge is 0.501 e. The third-order valence-corrected chi connectivity index (χ3v) is 5.98. The first-order valence-electron chi connectivity index (χ1n) is 10.6. The Morgan fingerprint density at radius 2 is 1.91 bits per heavy atom. The van der Waals surface area contributed by atoms with E-state index in [1.165, 1.54) is 42.7 Å². The summed E-state index contributed by atoms with van der Waals surface area (Å²) in [4.78, 5) is 59.2. The molecule has 0 bridgehead atoms. The average Bonchev–Trinajstić information content (AvgIpc) is 2.99. The van der Waals surface area contributed by atoms with Gasteiger partial charge in [-0.3, -0.25) is 23.7 Å². The normalized spacial score (nSPS) is 15.7. The summed E-state index contributed by atoms with van der Waals surface area (Å²) in [5, 5.41) is 12.9. The van der Waals surface area contributed by atoms with Crippen LogP contribution in [0.25, 0.3) is 0 Å². The highest BCUT2D eigenvalue weighted by molar-refractivity contribution is 6.34. The SMILES string of the molecule is CN1CCn2c(nc(C(=O)NCc3ccc(F)c(Cl)c3)c(O)c2=O)C(N(C)C(=O)C(=O)N(C)C)C1. The second-order valence-corrected chi connectivity index (χ2v) is 8.86. The van der Waals surface area contributed by atoms with Gasteiger partial charge in [0, 0.05) is 47.3 Å². The van der Waals surface area contributed by atoms with Crippen LogP contribution in [0.3, 0.4) is 0 Å². The average molecular weight is 509 g/mol. The Hall–Kier alpha value is -3.51. The van der Waals surface area contributed by atoms with E-state index in [0.29, 0.717) is 12.1 Å². The molecule has 0 saturated heterocycles. The summed E-state index contributed by atoms with van der Waals surface area (Å²) in [6, 6.07) is 3.06. The number of fused-ring (bicyclic) bond motifs is 1. The monoisotopic (exact) mass is 508 g/mol. The Morgan fingerprint density at radius 1 is 1.23 bits per heavy atom. The van der Waals surface area contributed by atoms with E-state index in [-0.39, 0.29) is 30.5 Å². The van der Waals surface area contributed by atoms with E-state index in [1.807, 2.05) is 4.90 Å². The van der Waals surface area contributed by atoms with Crippen molar-refractivity contribution in [2.45, 2.75) is 19.1 Å². The smallest absolute Gasteiger partial charge is 0.312 e. The molecule has 1 aromatic heterocycles. The summed E-state index contributed by atoms with van der Waals surface area (Å²) in [6.45, 7) is 0.724. The van der Waals surface area contributed by atoms with Gasteiger partial charge in [0.25, 0.3) is 11.5 Å². The molecule has 3 amide bonds. The second-order valence-electron chi connectivity index (χ2n) is 8.45. The van der Waals surface area contributed by atoms with E-state index in [0.717, 1.165) is 11.0 Å². The van der Waals surface area contributed by atoms with Crippen LogP contribution in [0, 0.1) is 5.82 Å². The molecule has 0 spiro atoms. The van der Waals surface area contributed by atoms with Gasteiger partial charge in [-0.15, -0.1) is 0 Å². The highest BCUT2D eigenvalue weighted by Gasteiger charge is 2.35. The van der Waals surface area contributed by atoms with Gasteiger partial charge in [0.1, 0.15) is 17.7 Å². The quantitative estimate of drug-likeness (QED) is 0.565. The molecule has 13 heteroatoms. The van der Waals surface area contributed by atoms with Crippen molar-refractivity contribution in [3.8, 4) is 5.75 Å². The fourth-order valence-corrected chi connectivity index (χ4v) is 3.83. The lowest BCUT2D eigenvalue weighted by molar-refractivity contribution is -0.151. The van der Waals surface area contributed by atoms with Gasteiger partial charge in [-0.1, -0.05) is 17.7 Å². The number of nitrogens with zero attached hydrogens (tertiary/aromatic N) is 5. The van der Waals surface area contributed by atoms with Gasteiger partial charge in [0.2, 0.25) is 5.75 Å². The zero-order chi connectivity index (χ0) is 26.0. The Bertz CT molecular complexity index is 1230. The predicted molar refractivity (Wildman–Crippen MR) is 124 cm³/mol. The Kier molecular flexibility index (Phi) is 7.76. The molecular formula is C22H26ClFN6O5. The topological polar surface area (TPSA) is 128 Å². The minimum atomic E-state index is -0.852. The van der Waals surface area contributed by atoms with Crippen LogP contribution in [0.15, 0.2) is 23.0 Å². The van der Waals surface area contributed by atoms with Crippen molar-refractivity contribution in [3.63, 3.8) is 0 Å². The van der Waals surface area contributed by atoms with E-state index < -0.39 is 46.6 Å². The molecule has 35 heavy (non-hydrogen) atoms. The molecule has 0 radical (unpaired) electrons. The molecule has 1 aliphatic rings. The lowest BCUT2D eigenvalue weighted by atomic mass is 10.2. The summed E-state index contributed by atoms with van der Waals surface area (Å²) in [5.41, 5.74) is -0.878. The van der Waals surface area contributed by atoms with E-state index in [9.17, 15) is 28.7 Å². The van der Waals surface area contributed by atoms with Gasteiger partial charge in [-0.05, 0) is 24.7 Å². The van der Waals surface area contributed by atoms with E-state index in [2.05, 4.69) is 10.3 Å². The van der Waals surface area contributed by atoms with Crippen LogP contribution in [0.2, 0.25) is 5.02 Å². The van der Waals surface area contributed by atoms with Crippen LogP contribution < -0.4 is 10.9 Å². The maximum Gasteiger partial charge on any atom is 0.312 e. The van der Waals surface area contributed by atoms with Crippen LogP contribution >= 0.6 is 11.6 Å². The number of carbonyl (C=O) groups is 3. The molecule has 11 nitrogen and oxygen atoms in total. The molecule has 188 valence electrons. The number of benzene rings is 1. The summed E-state index contributed by atoms with van der Waals surface area (Å²) in [7, 11) is 6.07. The zero-order valence-electron chi connectivity index (χ0n) is 19.7. The van der Waals surface area contributed by atoms with E-state index in [4.69, 9.17) is 11.6 Å². The van der Waals surface area contributed by atoms with Gasteiger partial charge in [0.15, 0.2) is 5.69 Å². The minimum absolute atomic E-state index is 0.0644. The third kappa shape index (κ3) is 5.43. The van der Waals surface area contributed by atoms with Crippen molar-refractivity contribution in [1.82, 2.24) is 29.6 Å². The van der Waals surface area contributed by atoms with E-state index in [1.54, 1.807) is 7.05 Å².